The summed E-state index contributed by atoms with van der Waals surface area (Å²) < 4.78 is 0. The van der Waals surface area contributed by atoms with Crippen molar-refractivity contribution in [3.8, 4) is 6.07 Å². The van der Waals surface area contributed by atoms with Crippen molar-refractivity contribution in [1.82, 2.24) is 0 Å². The first-order valence-electron chi connectivity index (χ1n) is 6.91. The summed E-state index contributed by atoms with van der Waals surface area (Å²) in [4.78, 5) is 35.1. The van der Waals surface area contributed by atoms with Crippen LogP contribution < -0.4 is 0 Å². The van der Waals surface area contributed by atoms with E-state index in [1.165, 1.54) is 13.8 Å². The molecule has 0 bridgehead atoms. The van der Waals surface area contributed by atoms with E-state index in [9.17, 15) is 19.6 Å². The fourth-order valence-electron chi connectivity index (χ4n) is 2.16. The van der Waals surface area contributed by atoms with E-state index in [-0.39, 0.29) is 43.0 Å². The molecule has 0 aliphatic rings. The molecular weight excluding hydrogens is 266 g/mol. The summed E-state index contributed by atoms with van der Waals surface area (Å²) in [5, 5.41) is 9.54. The van der Waals surface area contributed by atoms with Gasteiger partial charge in [0.25, 0.3) is 0 Å². The zero-order valence-electron chi connectivity index (χ0n) is 12.4. The third-order valence-corrected chi connectivity index (χ3v) is 3.49. The van der Waals surface area contributed by atoms with Crippen LogP contribution in [0.3, 0.4) is 0 Å². The summed E-state index contributed by atoms with van der Waals surface area (Å²) in [5.41, 5.74) is -0.871. The molecule has 0 spiro atoms. The fraction of sp³-hybridized carbons (Fsp3) is 0.412. The van der Waals surface area contributed by atoms with E-state index in [0.717, 1.165) is 0 Å². The molecular formula is C17H19NO3. The number of rotatable bonds is 8. The molecule has 0 aliphatic heterocycles. The normalized spacial score (nSPS) is 10.7. The zero-order chi connectivity index (χ0) is 15.9. The van der Waals surface area contributed by atoms with Gasteiger partial charge in [-0.2, -0.15) is 5.26 Å². The van der Waals surface area contributed by atoms with Crippen molar-refractivity contribution in [3.63, 3.8) is 0 Å². The molecule has 4 heteroatoms. The van der Waals surface area contributed by atoms with Gasteiger partial charge in [-0.15, -0.1) is 0 Å². The number of nitrogens with zero attached hydrogens (tertiary/aromatic N) is 1. The standard InChI is InChI=1S/C17H19NO3/c1-13(19)8-10-17(12-18,11-9-14(2)20)16(21)15-6-4-3-5-7-15/h3-7H,8-11H2,1-2H3. The average molecular weight is 285 g/mol. The summed E-state index contributed by atoms with van der Waals surface area (Å²) >= 11 is 0. The molecule has 1 rings (SSSR count). The highest BCUT2D eigenvalue weighted by Crippen LogP contribution is 2.33. The second-order valence-corrected chi connectivity index (χ2v) is 5.29. The maximum Gasteiger partial charge on any atom is 0.183 e. The lowest BCUT2D eigenvalue weighted by molar-refractivity contribution is -0.117. The number of nitriles is 1. The van der Waals surface area contributed by atoms with Gasteiger partial charge >= 0.3 is 0 Å². The molecule has 1 aromatic rings. The Morgan fingerprint density at radius 1 is 1.00 bits per heavy atom. The van der Waals surface area contributed by atoms with Crippen molar-refractivity contribution in [2.24, 2.45) is 5.41 Å². The third kappa shape index (κ3) is 4.64. The van der Waals surface area contributed by atoms with Crippen LogP contribution in [-0.2, 0) is 9.59 Å². The lowest BCUT2D eigenvalue weighted by atomic mass is 9.73. The van der Waals surface area contributed by atoms with Gasteiger partial charge in [0.2, 0.25) is 0 Å². The van der Waals surface area contributed by atoms with Crippen LogP contribution >= 0.6 is 0 Å². The van der Waals surface area contributed by atoms with E-state index >= 15 is 0 Å². The van der Waals surface area contributed by atoms with Gasteiger partial charge in [-0.25, -0.2) is 0 Å². The Morgan fingerprint density at radius 3 is 1.86 bits per heavy atom. The number of hydrogen-bond donors (Lipinski definition) is 0. The van der Waals surface area contributed by atoms with E-state index in [1.807, 2.05) is 0 Å². The molecule has 0 aliphatic carbocycles. The highest BCUT2D eigenvalue weighted by molar-refractivity contribution is 6.02. The molecule has 0 aromatic heterocycles. The first kappa shape index (κ1) is 16.8. The summed E-state index contributed by atoms with van der Waals surface area (Å²) in [5.74, 6) is -0.454. The Kier molecular flexibility index (Phi) is 5.98. The Morgan fingerprint density at radius 2 is 1.48 bits per heavy atom. The summed E-state index contributed by atoms with van der Waals surface area (Å²) in [6.45, 7) is 2.86. The van der Waals surface area contributed by atoms with Crippen molar-refractivity contribution < 1.29 is 14.4 Å². The lowest BCUT2D eigenvalue weighted by Crippen LogP contribution is -2.31. The van der Waals surface area contributed by atoms with Crippen LogP contribution in [-0.4, -0.2) is 17.3 Å². The van der Waals surface area contributed by atoms with E-state index < -0.39 is 5.41 Å². The first-order chi connectivity index (χ1) is 9.91. The molecule has 0 radical (unpaired) electrons. The molecule has 0 unspecified atom stereocenters. The molecule has 110 valence electrons. The topological polar surface area (TPSA) is 75.0 Å². The van der Waals surface area contributed by atoms with Crippen molar-refractivity contribution >= 4 is 17.3 Å². The monoisotopic (exact) mass is 285 g/mol. The van der Waals surface area contributed by atoms with Gasteiger partial charge in [-0.05, 0) is 26.7 Å². The zero-order valence-corrected chi connectivity index (χ0v) is 12.4. The highest BCUT2D eigenvalue weighted by atomic mass is 16.1. The van der Waals surface area contributed by atoms with Gasteiger partial charge in [0.05, 0.1) is 6.07 Å². The Balaban J connectivity index is 3.09. The smallest absolute Gasteiger partial charge is 0.183 e. The summed E-state index contributed by atoms with van der Waals surface area (Å²) in [7, 11) is 0. The van der Waals surface area contributed by atoms with Crippen LogP contribution in [0.2, 0.25) is 0 Å². The van der Waals surface area contributed by atoms with Gasteiger partial charge in [0.15, 0.2) is 5.78 Å². The molecule has 4 nitrogen and oxygen atoms in total. The molecule has 0 N–H and O–H groups in total. The van der Waals surface area contributed by atoms with Gasteiger partial charge in [0.1, 0.15) is 17.0 Å². The van der Waals surface area contributed by atoms with Crippen LogP contribution in [0.25, 0.3) is 0 Å². The van der Waals surface area contributed by atoms with E-state index in [2.05, 4.69) is 6.07 Å². The minimum Gasteiger partial charge on any atom is -0.300 e. The second kappa shape index (κ2) is 7.49. The third-order valence-electron chi connectivity index (χ3n) is 3.49. The quantitative estimate of drug-likeness (QED) is 0.688. The van der Waals surface area contributed by atoms with E-state index in [1.54, 1.807) is 30.3 Å². The lowest BCUT2D eigenvalue weighted by Gasteiger charge is -2.24. The average Bonchev–Trinajstić information content (AvgIpc) is 2.48. The Labute approximate surface area is 124 Å². The van der Waals surface area contributed by atoms with Crippen molar-refractivity contribution in [3.05, 3.63) is 35.9 Å². The first-order valence-corrected chi connectivity index (χ1v) is 6.91. The molecule has 1 aromatic carbocycles. The van der Waals surface area contributed by atoms with Crippen LogP contribution in [0.1, 0.15) is 49.9 Å². The van der Waals surface area contributed by atoms with Crippen molar-refractivity contribution in [2.45, 2.75) is 39.5 Å². The number of ketones is 3. The van der Waals surface area contributed by atoms with E-state index in [0.29, 0.717) is 5.56 Å². The molecule has 21 heavy (non-hydrogen) atoms. The molecule has 0 saturated carbocycles. The molecule has 0 saturated heterocycles. The number of benzene rings is 1. The summed E-state index contributed by atoms with van der Waals surface area (Å²) in [6.07, 6.45) is 0.619. The minimum atomic E-state index is -1.31. The van der Waals surface area contributed by atoms with Crippen LogP contribution in [0.15, 0.2) is 30.3 Å². The number of carbonyl (C=O) groups excluding carboxylic acids is 3. The van der Waals surface area contributed by atoms with Gasteiger partial charge in [0, 0.05) is 18.4 Å². The molecule has 0 amide bonds. The Hall–Kier alpha value is -2.28. The fourth-order valence-corrected chi connectivity index (χ4v) is 2.16. The van der Waals surface area contributed by atoms with E-state index in [4.69, 9.17) is 0 Å². The van der Waals surface area contributed by atoms with Crippen LogP contribution in [0.4, 0.5) is 0 Å². The molecule has 0 fully saturated rings. The predicted molar refractivity (Wildman–Crippen MR) is 78.6 cm³/mol. The SMILES string of the molecule is CC(=O)CCC(C#N)(CCC(C)=O)C(=O)c1ccccc1. The largest absolute Gasteiger partial charge is 0.300 e. The Bertz CT molecular complexity index is 551. The summed E-state index contributed by atoms with van der Waals surface area (Å²) in [6, 6.07) is 10.6. The number of Topliss-reactive ketones (excluding diaryl/α,β-unsaturated/α-hetero) is 3. The number of carbonyl (C=O) groups is 3. The van der Waals surface area contributed by atoms with Gasteiger partial charge < -0.3 is 9.59 Å². The molecule has 0 atom stereocenters. The van der Waals surface area contributed by atoms with Crippen LogP contribution in [0, 0.1) is 16.7 Å². The van der Waals surface area contributed by atoms with Crippen molar-refractivity contribution in [1.29, 1.82) is 5.26 Å². The van der Waals surface area contributed by atoms with Crippen molar-refractivity contribution in [2.75, 3.05) is 0 Å². The second-order valence-electron chi connectivity index (χ2n) is 5.29. The maximum absolute atomic E-state index is 12.7. The van der Waals surface area contributed by atoms with Crippen LogP contribution in [0.5, 0.6) is 0 Å². The van der Waals surface area contributed by atoms with Gasteiger partial charge in [-0.3, -0.25) is 4.79 Å². The molecule has 0 heterocycles. The highest BCUT2D eigenvalue weighted by Gasteiger charge is 2.39. The number of hydrogen-bond acceptors (Lipinski definition) is 4. The maximum atomic E-state index is 12.7. The predicted octanol–water partition coefficient (Wildman–Crippen LogP) is 3.12. The minimum absolute atomic E-state index is 0.0710. The van der Waals surface area contributed by atoms with Gasteiger partial charge in [-0.1, -0.05) is 30.3 Å².